The zero-order chi connectivity index (χ0) is 33.7. The van der Waals surface area contributed by atoms with E-state index in [9.17, 15) is 0 Å². The first-order valence-corrected chi connectivity index (χ1v) is 17.4. The molecule has 6 heteroatoms. The monoisotopic (exact) mass is 665 g/mol. The summed E-state index contributed by atoms with van der Waals surface area (Å²) in [5.74, 6) is 0.538. The van der Waals surface area contributed by atoms with Crippen LogP contribution in [0.2, 0.25) is 0 Å². The Morgan fingerprint density at radius 1 is 0.365 bits per heavy atom. The van der Waals surface area contributed by atoms with Crippen LogP contribution in [0.25, 0.3) is 127 Å². The number of nitrogens with zero attached hydrogens (tertiary/aromatic N) is 3. The van der Waals surface area contributed by atoms with Crippen molar-refractivity contribution in [1.82, 2.24) is 14.5 Å². The third-order valence-corrected chi connectivity index (χ3v) is 11.0. The van der Waals surface area contributed by atoms with Gasteiger partial charge in [0, 0.05) is 43.3 Å². The molecule has 13 rings (SSSR count). The Labute approximate surface area is 293 Å². The molecule has 240 valence electrons. The normalized spacial score (nSPS) is 12.6. The van der Waals surface area contributed by atoms with E-state index in [4.69, 9.17) is 23.2 Å². The molecule has 0 bridgehead atoms. The molecule has 0 spiro atoms. The van der Waals surface area contributed by atoms with Gasteiger partial charge in [-0.1, -0.05) is 84.9 Å². The van der Waals surface area contributed by atoms with Crippen molar-refractivity contribution in [2.75, 3.05) is 0 Å². The van der Waals surface area contributed by atoms with Crippen LogP contribution < -0.4 is 0 Å². The van der Waals surface area contributed by atoms with Crippen molar-refractivity contribution in [2.45, 2.75) is 0 Å². The summed E-state index contributed by atoms with van der Waals surface area (Å²) in [4.78, 5) is 10.7. The molecule has 0 atom stereocenters. The maximum atomic E-state index is 6.57. The maximum Gasteiger partial charge on any atom is 0.238 e. The molecule has 52 heavy (non-hydrogen) atoms. The van der Waals surface area contributed by atoms with Crippen molar-refractivity contribution in [2.24, 2.45) is 0 Å². The van der Waals surface area contributed by atoms with Crippen LogP contribution in [0, 0.1) is 0 Å². The summed E-state index contributed by atoms with van der Waals surface area (Å²) >= 11 is 0. The van der Waals surface area contributed by atoms with Crippen LogP contribution in [-0.2, 0) is 0 Å². The van der Waals surface area contributed by atoms with E-state index in [2.05, 4.69) is 102 Å². The van der Waals surface area contributed by atoms with Gasteiger partial charge in [0.1, 0.15) is 27.9 Å². The van der Waals surface area contributed by atoms with E-state index < -0.39 is 0 Å². The van der Waals surface area contributed by atoms with E-state index in [-0.39, 0.29) is 0 Å². The van der Waals surface area contributed by atoms with Crippen molar-refractivity contribution >= 4 is 109 Å². The molecule has 0 fully saturated rings. The van der Waals surface area contributed by atoms with Gasteiger partial charge in [-0.3, -0.25) is 4.57 Å². The molecule has 0 aliphatic rings. The molecule has 0 aliphatic heterocycles. The number of fused-ring (bicyclic) bond motifs is 9. The molecule has 0 saturated carbocycles. The standard InChI is InChI=1S/C46H23N3O3/c1-2-10-26-25(9-1)28-13-7-15-32-39(28)42-33(20-22-38-43(42)40-29(26)14-8-18-37(40)51-38)49(32)46-47-44(41-30-12-4-6-17-35(30)52-45(41)48-46)24-19-21-36-31(23-24)27-11-3-5-16-34(27)50-36/h1-23H. The quantitative estimate of drug-likeness (QED) is 0.184. The zero-order valence-corrected chi connectivity index (χ0v) is 27.3. The third kappa shape index (κ3) is 3.25. The number of hydrogen-bond donors (Lipinski definition) is 0. The highest BCUT2D eigenvalue weighted by Gasteiger charge is 2.25. The number of rotatable bonds is 2. The minimum Gasteiger partial charge on any atom is -0.456 e. The Morgan fingerprint density at radius 2 is 0.962 bits per heavy atom. The van der Waals surface area contributed by atoms with Crippen molar-refractivity contribution in [3.8, 4) is 17.2 Å². The van der Waals surface area contributed by atoms with E-state index in [1.807, 2.05) is 42.5 Å². The van der Waals surface area contributed by atoms with Gasteiger partial charge in [-0.05, 0) is 76.1 Å². The second kappa shape index (κ2) is 9.33. The van der Waals surface area contributed by atoms with Crippen LogP contribution in [0.1, 0.15) is 0 Å². The van der Waals surface area contributed by atoms with Gasteiger partial charge in [0.25, 0.3) is 0 Å². The van der Waals surface area contributed by atoms with Crippen LogP contribution in [0.3, 0.4) is 0 Å². The fourth-order valence-corrected chi connectivity index (χ4v) is 8.87. The Bertz CT molecular complexity index is 3650. The average Bonchev–Trinajstić information content (AvgIpc) is 3.95. The molecule has 5 heterocycles. The average molecular weight is 666 g/mol. The highest BCUT2D eigenvalue weighted by Crippen LogP contribution is 2.47. The first-order chi connectivity index (χ1) is 25.8. The van der Waals surface area contributed by atoms with E-state index in [0.717, 1.165) is 98.7 Å². The number of furan rings is 3. The van der Waals surface area contributed by atoms with Gasteiger partial charge >= 0.3 is 0 Å². The van der Waals surface area contributed by atoms with Gasteiger partial charge in [0.15, 0.2) is 0 Å². The molecule has 13 aromatic rings. The van der Waals surface area contributed by atoms with Crippen LogP contribution in [0.5, 0.6) is 0 Å². The molecule has 6 nitrogen and oxygen atoms in total. The smallest absolute Gasteiger partial charge is 0.238 e. The lowest BCUT2D eigenvalue weighted by atomic mass is 9.95. The highest BCUT2D eigenvalue weighted by atomic mass is 16.3. The molecular weight excluding hydrogens is 643 g/mol. The van der Waals surface area contributed by atoms with Gasteiger partial charge in [0.05, 0.1) is 22.1 Å². The molecular formula is C46H23N3O3. The number of aromatic nitrogens is 3. The van der Waals surface area contributed by atoms with E-state index in [1.54, 1.807) is 0 Å². The summed E-state index contributed by atoms with van der Waals surface area (Å²) in [7, 11) is 0. The second-order valence-corrected chi connectivity index (χ2v) is 13.7. The Balaban J connectivity index is 1.22. The molecule has 0 radical (unpaired) electrons. The lowest BCUT2D eigenvalue weighted by Crippen LogP contribution is -2.02. The summed E-state index contributed by atoms with van der Waals surface area (Å²) in [5.41, 5.74) is 8.52. The van der Waals surface area contributed by atoms with Crippen LogP contribution in [0.15, 0.2) is 153 Å². The summed E-state index contributed by atoms with van der Waals surface area (Å²) in [6.45, 7) is 0. The van der Waals surface area contributed by atoms with E-state index >= 15 is 0 Å². The van der Waals surface area contributed by atoms with Crippen molar-refractivity contribution in [3.05, 3.63) is 140 Å². The Morgan fingerprint density at radius 3 is 1.81 bits per heavy atom. The lowest BCUT2D eigenvalue weighted by Gasteiger charge is -2.10. The topological polar surface area (TPSA) is 70.1 Å². The van der Waals surface area contributed by atoms with Gasteiger partial charge in [-0.15, -0.1) is 0 Å². The van der Waals surface area contributed by atoms with E-state index in [1.165, 1.54) is 16.2 Å². The van der Waals surface area contributed by atoms with Crippen molar-refractivity contribution in [3.63, 3.8) is 0 Å². The van der Waals surface area contributed by atoms with E-state index in [0.29, 0.717) is 11.7 Å². The number of benzene rings is 7. The summed E-state index contributed by atoms with van der Waals surface area (Å²) in [6.07, 6.45) is 0. The molecule has 8 aromatic carbocycles. The third-order valence-electron chi connectivity index (χ3n) is 11.0. The van der Waals surface area contributed by atoms with Crippen LogP contribution >= 0.6 is 0 Å². The summed E-state index contributed by atoms with van der Waals surface area (Å²) < 4.78 is 21.5. The Hall–Kier alpha value is -7.18. The van der Waals surface area contributed by atoms with Gasteiger partial charge in [-0.25, -0.2) is 4.98 Å². The van der Waals surface area contributed by atoms with Crippen molar-refractivity contribution < 1.29 is 13.3 Å². The minimum atomic E-state index is 0.538. The van der Waals surface area contributed by atoms with Crippen LogP contribution in [-0.4, -0.2) is 14.5 Å². The van der Waals surface area contributed by atoms with Gasteiger partial charge in [0.2, 0.25) is 11.7 Å². The largest absolute Gasteiger partial charge is 0.456 e. The van der Waals surface area contributed by atoms with Crippen molar-refractivity contribution in [1.29, 1.82) is 0 Å². The molecule has 5 aromatic heterocycles. The lowest BCUT2D eigenvalue weighted by molar-refractivity contribution is 0.651. The van der Waals surface area contributed by atoms with Crippen LogP contribution in [0.4, 0.5) is 0 Å². The number of para-hydroxylation sites is 2. The first-order valence-electron chi connectivity index (χ1n) is 17.4. The maximum absolute atomic E-state index is 6.57. The van der Waals surface area contributed by atoms with Gasteiger partial charge in [-0.2, -0.15) is 4.98 Å². The zero-order valence-electron chi connectivity index (χ0n) is 27.3. The highest BCUT2D eigenvalue weighted by molar-refractivity contribution is 6.38. The molecule has 0 N–H and O–H groups in total. The first kappa shape index (κ1) is 26.7. The minimum absolute atomic E-state index is 0.538. The second-order valence-electron chi connectivity index (χ2n) is 13.7. The predicted octanol–water partition coefficient (Wildman–Crippen LogP) is 12.7. The molecule has 0 unspecified atom stereocenters. The summed E-state index contributed by atoms with van der Waals surface area (Å²) in [6, 6.07) is 48.4. The SMILES string of the molecule is c1ccc2c(c1)oc1ccc(-c3nc(-n4c5cccc6c7ccccc7c7cccc8oc9ccc4c(c9c87)c65)nc4oc5ccccc5c34)cc12. The number of hydrogen-bond acceptors (Lipinski definition) is 5. The molecule has 0 aliphatic carbocycles. The fourth-order valence-electron chi connectivity index (χ4n) is 8.87. The molecule has 0 saturated heterocycles. The Kier molecular flexibility index (Phi) is 4.78. The fraction of sp³-hybridized carbons (Fsp3) is 0. The van der Waals surface area contributed by atoms with Gasteiger partial charge < -0.3 is 13.3 Å². The summed E-state index contributed by atoms with van der Waals surface area (Å²) in [5, 5.41) is 13.2. The molecule has 0 amide bonds. The predicted molar refractivity (Wildman–Crippen MR) is 210 cm³/mol.